The van der Waals surface area contributed by atoms with E-state index in [-0.39, 0.29) is 5.91 Å². The number of piperidine rings is 1. The molecule has 0 aromatic carbocycles. The lowest BCUT2D eigenvalue weighted by atomic mass is 10.0. The molecule has 0 bridgehead atoms. The highest BCUT2D eigenvalue weighted by Crippen LogP contribution is 2.16. The van der Waals surface area contributed by atoms with E-state index in [1.807, 2.05) is 17.2 Å². The zero-order valence-corrected chi connectivity index (χ0v) is 11.1. The van der Waals surface area contributed by atoms with Crippen molar-refractivity contribution in [1.29, 1.82) is 0 Å². The maximum absolute atomic E-state index is 11.2. The molecule has 1 aliphatic heterocycles. The molecule has 1 aromatic heterocycles. The van der Waals surface area contributed by atoms with Crippen LogP contribution in [0.25, 0.3) is 0 Å². The number of hydrogen-bond acceptors (Lipinski definition) is 3. The molecule has 4 nitrogen and oxygen atoms in total. The minimum atomic E-state index is 0.189. The SMILES string of the molecule is CC(=O)N1CCC(N[C@H](C)c2cccnc2)CC1. The van der Waals surface area contributed by atoms with Gasteiger partial charge >= 0.3 is 0 Å². The standard InChI is InChI=1S/C14H21N3O/c1-11(13-4-3-7-15-10-13)16-14-5-8-17(9-6-14)12(2)18/h3-4,7,10-11,14,16H,5-6,8-9H2,1-2H3/t11-/m1/s1. The van der Waals surface area contributed by atoms with Crippen molar-refractivity contribution < 1.29 is 4.79 Å². The van der Waals surface area contributed by atoms with Crippen molar-refractivity contribution >= 4 is 5.91 Å². The normalized spacial score (nSPS) is 18.7. The molecule has 2 rings (SSSR count). The first-order valence-corrected chi connectivity index (χ1v) is 6.58. The number of rotatable bonds is 3. The molecule has 1 atom stereocenters. The summed E-state index contributed by atoms with van der Waals surface area (Å²) in [5.74, 6) is 0.189. The minimum Gasteiger partial charge on any atom is -0.343 e. The molecule has 0 radical (unpaired) electrons. The molecule has 2 heterocycles. The van der Waals surface area contributed by atoms with Crippen molar-refractivity contribution in [2.24, 2.45) is 0 Å². The number of carbonyl (C=O) groups is 1. The summed E-state index contributed by atoms with van der Waals surface area (Å²) in [7, 11) is 0. The average molecular weight is 247 g/mol. The first-order valence-electron chi connectivity index (χ1n) is 6.58. The molecule has 0 spiro atoms. The highest BCUT2D eigenvalue weighted by molar-refractivity contribution is 5.73. The van der Waals surface area contributed by atoms with Crippen LogP contribution in [0, 0.1) is 0 Å². The van der Waals surface area contributed by atoms with Crippen LogP contribution in [0.3, 0.4) is 0 Å². The Balaban J connectivity index is 1.83. The van der Waals surface area contributed by atoms with Gasteiger partial charge in [-0.25, -0.2) is 0 Å². The van der Waals surface area contributed by atoms with Gasteiger partial charge in [-0.15, -0.1) is 0 Å². The number of amides is 1. The molecule has 1 N–H and O–H groups in total. The Morgan fingerprint density at radius 2 is 2.22 bits per heavy atom. The molecule has 1 saturated heterocycles. The highest BCUT2D eigenvalue weighted by Gasteiger charge is 2.21. The second kappa shape index (κ2) is 5.96. The summed E-state index contributed by atoms with van der Waals surface area (Å²) in [5.41, 5.74) is 1.21. The number of carbonyl (C=O) groups excluding carboxylic acids is 1. The van der Waals surface area contributed by atoms with Gasteiger partial charge in [0.05, 0.1) is 0 Å². The van der Waals surface area contributed by atoms with E-state index < -0.39 is 0 Å². The largest absolute Gasteiger partial charge is 0.343 e. The predicted octanol–water partition coefficient (Wildman–Crippen LogP) is 1.74. The quantitative estimate of drug-likeness (QED) is 0.885. The number of hydrogen-bond donors (Lipinski definition) is 1. The van der Waals surface area contributed by atoms with Gasteiger partial charge in [-0.1, -0.05) is 6.07 Å². The van der Waals surface area contributed by atoms with Crippen molar-refractivity contribution in [1.82, 2.24) is 15.2 Å². The molecule has 0 aliphatic carbocycles. The molecule has 1 amide bonds. The fraction of sp³-hybridized carbons (Fsp3) is 0.571. The minimum absolute atomic E-state index is 0.189. The Labute approximate surface area is 108 Å². The lowest BCUT2D eigenvalue weighted by Gasteiger charge is -2.33. The van der Waals surface area contributed by atoms with Crippen molar-refractivity contribution in [3.8, 4) is 0 Å². The zero-order valence-electron chi connectivity index (χ0n) is 11.1. The van der Waals surface area contributed by atoms with E-state index in [9.17, 15) is 4.79 Å². The smallest absolute Gasteiger partial charge is 0.219 e. The van der Waals surface area contributed by atoms with Crippen LogP contribution in [0.5, 0.6) is 0 Å². The molecule has 1 aliphatic rings. The first kappa shape index (κ1) is 13.0. The molecule has 18 heavy (non-hydrogen) atoms. The van der Waals surface area contributed by atoms with E-state index in [2.05, 4.69) is 23.3 Å². The molecular formula is C14H21N3O. The monoisotopic (exact) mass is 247 g/mol. The number of pyridine rings is 1. The van der Waals surface area contributed by atoms with Gasteiger partial charge in [0.25, 0.3) is 0 Å². The molecule has 0 saturated carbocycles. The van der Waals surface area contributed by atoms with Crippen LogP contribution in [-0.4, -0.2) is 34.9 Å². The van der Waals surface area contributed by atoms with E-state index >= 15 is 0 Å². The Morgan fingerprint density at radius 1 is 1.50 bits per heavy atom. The van der Waals surface area contributed by atoms with Crippen LogP contribution in [0.4, 0.5) is 0 Å². The van der Waals surface area contributed by atoms with Gasteiger partial charge in [0.15, 0.2) is 0 Å². The maximum atomic E-state index is 11.2. The second-order valence-corrected chi connectivity index (χ2v) is 4.96. The van der Waals surface area contributed by atoms with Gasteiger partial charge < -0.3 is 10.2 Å². The third-order valence-corrected chi connectivity index (χ3v) is 3.61. The Hall–Kier alpha value is -1.42. The Morgan fingerprint density at radius 3 is 2.78 bits per heavy atom. The van der Waals surface area contributed by atoms with Crippen molar-refractivity contribution in [2.75, 3.05) is 13.1 Å². The Bertz CT molecular complexity index is 385. The summed E-state index contributed by atoms with van der Waals surface area (Å²) in [4.78, 5) is 17.3. The summed E-state index contributed by atoms with van der Waals surface area (Å²) in [5, 5.41) is 3.62. The predicted molar refractivity (Wildman–Crippen MR) is 71.1 cm³/mol. The lowest BCUT2D eigenvalue weighted by molar-refractivity contribution is -0.129. The van der Waals surface area contributed by atoms with Crippen LogP contribution >= 0.6 is 0 Å². The third-order valence-electron chi connectivity index (χ3n) is 3.61. The van der Waals surface area contributed by atoms with Crippen molar-refractivity contribution in [3.63, 3.8) is 0 Å². The van der Waals surface area contributed by atoms with Crippen LogP contribution < -0.4 is 5.32 Å². The highest BCUT2D eigenvalue weighted by atomic mass is 16.2. The van der Waals surface area contributed by atoms with Crippen molar-refractivity contribution in [2.45, 2.75) is 38.8 Å². The number of aromatic nitrogens is 1. The van der Waals surface area contributed by atoms with E-state index in [1.165, 1.54) is 5.56 Å². The van der Waals surface area contributed by atoms with Crippen LogP contribution in [-0.2, 0) is 4.79 Å². The summed E-state index contributed by atoms with van der Waals surface area (Å²) < 4.78 is 0. The summed E-state index contributed by atoms with van der Waals surface area (Å²) in [6, 6.07) is 4.87. The molecule has 1 fully saturated rings. The molecule has 98 valence electrons. The maximum Gasteiger partial charge on any atom is 0.219 e. The first-order chi connectivity index (χ1) is 8.66. The van der Waals surface area contributed by atoms with Gasteiger partial charge in [0.2, 0.25) is 5.91 Å². The van der Waals surface area contributed by atoms with Crippen LogP contribution in [0.2, 0.25) is 0 Å². The number of likely N-dealkylation sites (tertiary alicyclic amines) is 1. The zero-order chi connectivity index (χ0) is 13.0. The molecule has 1 aromatic rings. The summed E-state index contributed by atoms with van der Waals surface area (Å²) >= 11 is 0. The van der Waals surface area contributed by atoms with E-state index in [4.69, 9.17) is 0 Å². The Kier molecular flexibility index (Phi) is 4.31. The number of nitrogens with zero attached hydrogens (tertiary/aromatic N) is 2. The fourth-order valence-corrected chi connectivity index (χ4v) is 2.44. The van der Waals surface area contributed by atoms with Gasteiger partial charge in [-0.05, 0) is 31.4 Å². The lowest BCUT2D eigenvalue weighted by Crippen LogP contribution is -2.44. The van der Waals surface area contributed by atoms with E-state index in [0.29, 0.717) is 12.1 Å². The van der Waals surface area contributed by atoms with Crippen LogP contribution in [0.1, 0.15) is 38.3 Å². The van der Waals surface area contributed by atoms with E-state index in [1.54, 1.807) is 13.1 Å². The van der Waals surface area contributed by atoms with Gasteiger partial charge in [-0.3, -0.25) is 9.78 Å². The van der Waals surface area contributed by atoms with E-state index in [0.717, 1.165) is 25.9 Å². The van der Waals surface area contributed by atoms with Crippen molar-refractivity contribution in [3.05, 3.63) is 30.1 Å². The fourth-order valence-electron chi connectivity index (χ4n) is 2.44. The van der Waals surface area contributed by atoms with Crippen LogP contribution in [0.15, 0.2) is 24.5 Å². The average Bonchev–Trinajstić information content (AvgIpc) is 2.40. The summed E-state index contributed by atoms with van der Waals surface area (Å²) in [6.45, 7) is 5.54. The topological polar surface area (TPSA) is 45.2 Å². The molecular weight excluding hydrogens is 226 g/mol. The van der Waals surface area contributed by atoms with Gasteiger partial charge in [-0.2, -0.15) is 0 Å². The number of nitrogens with one attached hydrogen (secondary N) is 1. The molecule has 4 heteroatoms. The summed E-state index contributed by atoms with van der Waals surface area (Å²) in [6.07, 6.45) is 5.76. The third kappa shape index (κ3) is 3.29. The molecule has 0 unspecified atom stereocenters. The van der Waals surface area contributed by atoms with Gasteiger partial charge in [0, 0.05) is 44.5 Å². The second-order valence-electron chi connectivity index (χ2n) is 4.96. The van der Waals surface area contributed by atoms with Gasteiger partial charge in [0.1, 0.15) is 0 Å².